The predicted octanol–water partition coefficient (Wildman–Crippen LogP) is 2.65. The highest BCUT2D eigenvalue weighted by Crippen LogP contribution is 2.26. The second kappa shape index (κ2) is 6.06. The molecule has 1 aliphatic heterocycles. The van der Waals surface area contributed by atoms with E-state index in [1.165, 1.54) is 5.56 Å². The van der Waals surface area contributed by atoms with Crippen LogP contribution in [0.25, 0.3) is 0 Å². The van der Waals surface area contributed by atoms with Crippen molar-refractivity contribution in [1.29, 1.82) is 0 Å². The number of cyclic esters (lactones) is 1. The molecule has 19 heavy (non-hydrogen) atoms. The van der Waals surface area contributed by atoms with Crippen LogP contribution in [0.4, 0.5) is 4.79 Å². The third-order valence-electron chi connectivity index (χ3n) is 3.67. The van der Waals surface area contributed by atoms with Gasteiger partial charge in [-0.25, -0.2) is 4.79 Å². The molecule has 1 N–H and O–H groups in total. The minimum Gasteiger partial charge on any atom is -0.446 e. The van der Waals surface area contributed by atoms with Gasteiger partial charge in [0.05, 0.1) is 6.04 Å². The van der Waals surface area contributed by atoms with Gasteiger partial charge in [0.15, 0.2) is 0 Å². The maximum Gasteiger partial charge on any atom is 0.410 e. The van der Waals surface area contributed by atoms with Gasteiger partial charge in [-0.2, -0.15) is 0 Å². The number of aryl methyl sites for hydroxylation is 1. The zero-order valence-corrected chi connectivity index (χ0v) is 11.5. The molecule has 104 valence electrons. The molecule has 0 spiro atoms. The highest BCUT2D eigenvalue weighted by atomic mass is 16.6. The molecule has 0 radical (unpaired) electrons. The maximum absolute atomic E-state index is 12.0. The Morgan fingerprint density at radius 1 is 1.42 bits per heavy atom. The summed E-state index contributed by atoms with van der Waals surface area (Å²) in [6, 6.07) is 8.22. The fraction of sp³-hybridized carbons (Fsp3) is 0.533. The van der Waals surface area contributed by atoms with Crippen LogP contribution in [0.3, 0.4) is 0 Å². The van der Waals surface area contributed by atoms with Crippen molar-refractivity contribution in [3.8, 4) is 0 Å². The second-order valence-corrected chi connectivity index (χ2v) is 5.09. The lowest BCUT2D eigenvalue weighted by molar-refractivity contribution is 0.00401. The number of benzene rings is 1. The minimum atomic E-state index is -0.280. The highest BCUT2D eigenvalue weighted by molar-refractivity contribution is 5.69. The van der Waals surface area contributed by atoms with Gasteiger partial charge in [-0.3, -0.25) is 0 Å². The van der Waals surface area contributed by atoms with Crippen molar-refractivity contribution >= 4 is 6.09 Å². The highest BCUT2D eigenvalue weighted by Gasteiger charge is 2.30. The van der Waals surface area contributed by atoms with Crippen molar-refractivity contribution in [2.75, 3.05) is 13.2 Å². The van der Waals surface area contributed by atoms with Crippen molar-refractivity contribution in [2.45, 2.75) is 38.8 Å². The van der Waals surface area contributed by atoms with Crippen LogP contribution in [-0.2, 0) is 4.74 Å². The Hall–Kier alpha value is -1.55. The van der Waals surface area contributed by atoms with Gasteiger partial charge in [0.2, 0.25) is 0 Å². The van der Waals surface area contributed by atoms with Crippen LogP contribution in [0.15, 0.2) is 24.3 Å². The molecule has 0 aliphatic carbocycles. The topological polar surface area (TPSA) is 49.8 Å². The Morgan fingerprint density at radius 3 is 2.68 bits per heavy atom. The van der Waals surface area contributed by atoms with E-state index < -0.39 is 0 Å². The molecule has 0 aromatic heterocycles. The average Bonchev–Trinajstić information content (AvgIpc) is 2.39. The standard InChI is InChI=1S/C15H21NO3/c1-11-3-5-13(6-4-11)12(2)16-9-7-14(8-10-17)19-15(16)18/h3-6,12,14,17H,7-10H2,1-2H3. The summed E-state index contributed by atoms with van der Waals surface area (Å²) in [4.78, 5) is 13.7. The molecule has 1 aromatic rings. The Bertz CT molecular complexity index is 430. The van der Waals surface area contributed by atoms with Crippen LogP contribution in [0.5, 0.6) is 0 Å². The summed E-state index contributed by atoms with van der Waals surface area (Å²) in [5, 5.41) is 8.88. The zero-order chi connectivity index (χ0) is 13.8. The van der Waals surface area contributed by atoms with E-state index in [4.69, 9.17) is 9.84 Å². The van der Waals surface area contributed by atoms with Crippen LogP contribution in [0.2, 0.25) is 0 Å². The number of hydrogen-bond donors (Lipinski definition) is 1. The Kier molecular flexibility index (Phi) is 4.43. The number of nitrogens with zero attached hydrogens (tertiary/aromatic N) is 1. The summed E-state index contributed by atoms with van der Waals surface area (Å²) in [6.45, 7) is 4.80. The van der Waals surface area contributed by atoms with E-state index in [0.29, 0.717) is 13.0 Å². The van der Waals surface area contributed by atoms with Gasteiger partial charge in [0.1, 0.15) is 6.10 Å². The number of aliphatic hydroxyl groups excluding tert-OH is 1. The smallest absolute Gasteiger partial charge is 0.410 e. The monoisotopic (exact) mass is 263 g/mol. The van der Waals surface area contributed by atoms with E-state index in [2.05, 4.69) is 12.1 Å². The third kappa shape index (κ3) is 3.26. The van der Waals surface area contributed by atoms with Gasteiger partial charge >= 0.3 is 6.09 Å². The molecule has 1 fully saturated rings. The van der Waals surface area contributed by atoms with Gasteiger partial charge in [-0.05, 0) is 19.4 Å². The number of aliphatic hydroxyl groups is 1. The van der Waals surface area contributed by atoms with E-state index in [1.54, 1.807) is 4.90 Å². The normalized spacial score (nSPS) is 21.1. The summed E-state index contributed by atoms with van der Waals surface area (Å²) < 4.78 is 5.33. The van der Waals surface area contributed by atoms with E-state index in [9.17, 15) is 4.79 Å². The molecule has 1 aliphatic rings. The van der Waals surface area contributed by atoms with Crippen molar-refractivity contribution in [1.82, 2.24) is 4.90 Å². The lowest BCUT2D eigenvalue weighted by Crippen LogP contribution is -2.43. The van der Waals surface area contributed by atoms with Crippen molar-refractivity contribution < 1.29 is 14.6 Å². The van der Waals surface area contributed by atoms with Gasteiger partial charge in [-0.1, -0.05) is 29.8 Å². The second-order valence-electron chi connectivity index (χ2n) is 5.09. The fourth-order valence-corrected chi connectivity index (χ4v) is 2.37. The first-order valence-electron chi connectivity index (χ1n) is 6.76. The average molecular weight is 263 g/mol. The minimum absolute atomic E-state index is 0.0168. The van der Waals surface area contributed by atoms with Crippen LogP contribution >= 0.6 is 0 Å². The van der Waals surface area contributed by atoms with Crippen LogP contribution in [0, 0.1) is 6.92 Å². The maximum atomic E-state index is 12.0. The molecule has 1 amide bonds. The van der Waals surface area contributed by atoms with Gasteiger partial charge < -0.3 is 14.7 Å². The molecule has 1 heterocycles. The van der Waals surface area contributed by atoms with E-state index >= 15 is 0 Å². The molecular weight excluding hydrogens is 242 g/mol. The summed E-state index contributed by atoms with van der Waals surface area (Å²) in [6.07, 6.45) is 0.887. The quantitative estimate of drug-likeness (QED) is 0.908. The van der Waals surface area contributed by atoms with Crippen molar-refractivity contribution in [3.63, 3.8) is 0 Å². The molecule has 2 unspecified atom stereocenters. The first-order chi connectivity index (χ1) is 9.11. The number of carbonyl (C=O) groups is 1. The van der Waals surface area contributed by atoms with Gasteiger partial charge in [0, 0.05) is 26.0 Å². The first kappa shape index (κ1) is 13.9. The first-order valence-corrected chi connectivity index (χ1v) is 6.76. The molecule has 4 nitrogen and oxygen atoms in total. The number of rotatable bonds is 4. The lowest BCUT2D eigenvalue weighted by atomic mass is 10.0. The molecule has 2 rings (SSSR count). The van der Waals surface area contributed by atoms with Crippen LogP contribution in [0.1, 0.15) is 36.9 Å². The van der Waals surface area contributed by atoms with E-state index in [-0.39, 0.29) is 24.8 Å². The zero-order valence-electron chi connectivity index (χ0n) is 11.5. The Morgan fingerprint density at radius 2 is 2.11 bits per heavy atom. The molecule has 0 saturated carbocycles. The molecule has 0 bridgehead atoms. The van der Waals surface area contributed by atoms with Gasteiger partial charge in [-0.15, -0.1) is 0 Å². The summed E-state index contributed by atoms with van der Waals surface area (Å²) in [7, 11) is 0. The summed E-state index contributed by atoms with van der Waals surface area (Å²) in [5.74, 6) is 0. The van der Waals surface area contributed by atoms with E-state index in [0.717, 1.165) is 12.0 Å². The number of hydrogen-bond acceptors (Lipinski definition) is 3. The number of ether oxygens (including phenoxy) is 1. The van der Waals surface area contributed by atoms with E-state index in [1.807, 2.05) is 26.0 Å². The summed E-state index contributed by atoms with van der Waals surface area (Å²) in [5.41, 5.74) is 2.32. The molecule has 2 atom stereocenters. The Labute approximate surface area is 114 Å². The van der Waals surface area contributed by atoms with Crippen molar-refractivity contribution in [3.05, 3.63) is 35.4 Å². The summed E-state index contributed by atoms with van der Waals surface area (Å²) >= 11 is 0. The largest absolute Gasteiger partial charge is 0.446 e. The van der Waals surface area contributed by atoms with Crippen molar-refractivity contribution in [2.24, 2.45) is 0 Å². The van der Waals surface area contributed by atoms with Gasteiger partial charge in [0.25, 0.3) is 0 Å². The molecule has 1 saturated heterocycles. The molecule has 4 heteroatoms. The fourth-order valence-electron chi connectivity index (χ4n) is 2.37. The number of amides is 1. The van der Waals surface area contributed by atoms with Crippen LogP contribution in [-0.4, -0.2) is 35.4 Å². The number of carbonyl (C=O) groups excluding carboxylic acids is 1. The van der Waals surface area contributed by atoms with Crippen LogP contribution < -0.4 is 0 Å². The predicted molar refractivity (Wildman–Crippen MR) is 72.9 cm³/mol. The SMILES string of the molecule is Cc1ccc(C(C)N2CCC(CCO)OC2=O)cc1. The molecular formula is C15H21NO3. The Balaban J connectivity index is 2.02. The third-order valence-corrected chi connectivity index (χ3v) is 3.67. The lowest BCUT2D eigenvalue weighted by Gasteiger charge is -2.35. The molecule has 1 aromatic carbocycles.